The number of benzene rings is 1. The maximum atomic E-state index is 13.5. The van der Waals surface area contributed by atoms with Crippen LogP contribution in [0.4, 0.5) is 4.39 Å². The second-order valence-electron chi connectivity index (χ2n) is 5.64. The summed E-state index contributed by atoms with van der Waals surface area (Å²) < 4.78 is 15.7. The molecule has 0 saturated heterocycles. The molecule has 1 atom stereocenters. The quantitative estimate of drug-likeness (QED) is 0.928. The van der Waals surface area contributed by atoms with Crippen LogP contribution in [-0.4, -0.2) is 15.3 Å². The highest BCUT2D eigenvalue weighted by Gasteiger charge is 2.21. The molecule has 0 spiro atoms. The van der Waals surface area contributed by atoms with Crippen LogP contribution >= 0.6 is 11.8 Å². The van der Waals surface area contributed by atoms with Crippen LogP contribution in [0.5, 0.6) is 0 Å². The number of aromatic nitrogens is 2. The standard InChI is InChI=1S/C16H20FN3S/c1-11(2)20-10-18-8-13(20)9-19-15-5-6-21-16-4-3-12(17)7-14(15)16/h3-4,7-8,10-11,15,19H,5-6,9H2,1-2H3. The van der Waals surface area contributed by atoms with Gasteiger partial charge in [-0.05, 0) is 49.8 Å². The van der Waals surface area contributed by atoms with Gasteiger partial charge in [-0.15, -0.1) is 11.8 Å². The van der Waals surface area contributed by atoms with Crippen molar-refractivity contribution in [2.75, 3.05) is 5.75 Å². The lowest BCUT2D eigenvalue weighted by molar-refractivity contribution is 0.479. The van der Waals surface area contributed by atoms with Gasteiger partial charge in [0, 0.05) is 29.7 Å². The molecule has 0 fully saturated rings. The minimum atomic E-state index is -0.157. The van der Waals surface area contributed by atoms with Crippen molar-refractivity contribution in [1.29, 1.82) is 0 Å². The Morgan fingerprint density at radius 3 is 3.14 bits per heavy atom. The molecule has 21 heavy (non-hydrogen) atoms. The van der Waals surface area contributed by atoms with Crippen molar-refractivity contribution in [2.45, 2.75) is 43.8 Å². The molecular weight excluding hydrogens is 285 g/mol. The van der Waals surface area contributed by atoms with Gasteiger partial charge in [-0.3, -0.25) is 0 Å². The van der Waals surface area contributed by atoms with E-state index >= 15 is 0 Å². The molecule has 0 saturated carbocycles. The number of hydrogen-bond acceptors (Lipinski definition) is 3. The van der Waals surface area contributed by atoms with E-state index in [-0.39, 0.29) is 11.9 Å². The average Bonchev–Trinajstić information content (AvgIpc) is 2.93. The van der Waals surface area contributed by atoms with E-state index in [1.165, 1.54) is 10.6 Å². The molecule has 5 heteroatoms. The number of hydrogen-bond donors (Lipinski definition) is 1. The van der Waals surface area contributed by atoms with Crippen molar-refractivity contribution < 1.29 is 4.39 Å². The third kappa shape index (κ3) is 3.14. The summed E-state index contributed by atoms with van der Waals surface area (Å²) in [6.45, 7) is 5.05. The summed E-state index contributed by atoms with van der Waals surface area (Å²) in [4.78, 5) is 5.42. The van der Waals surface area contributed by atoms with Gasteiger partial charge in [0.25, 0.3) is 0 Å². The van der Waals surface area contributed by atoms with Gasteiger partial charge in [-0.2, -0.15) is 0 Å². The first kappa shape index (κ1) is 14.6. The number of fused-ring (bicyclic) bond motifs is 1. The Hall–Kier alpha value is -1.33. The molecule has 0 aliphatic carbocycles. The first-order valence-corrected chi connectivity index (χ1v) is 8.30. The van der Waals surface area contributed by atoms with Gasteiger partial charge in [0.2, 0.25) is 0 Å². The molecular formula is C16H20FN3S. The average molecular weight is 305 g/mol. The number of rotatable bonds is 4. The fraction of sp³-hybridized carbons (Fsp3) is 0.438. The van der Waals surface area contributed by atoms with Crippen LogP contribution in [0, 0.1) is 5.82 Å². The van der Waals surface area contributed by atoms with E-state index in [2.05, 4.69) is 28.7 Å². The fourth-order valence-corrected chi connectivity index (χ4v) is 3.84. The highest BCUT2D eigenvalue weighted by atomic mass is 32.2. The molecule has 0 amide bonds. The summed E-state index contributed by atoms with van der Waals surface area (Å²) in [5.74, 6) is 0.912. The van der Waals surface area contributed by atoms with E-state index in [0.717, 1.165) is 24.3 Å². The van der Waals surface area contributed by atoms with Gasteiger partial charge in [-0.25, -0.2) is 9.37 Å². The first-order valence-electron chi connectivity index (χ1n) is 7.31. The predicted molar refractivity (Wildman–Crippen MR) is 83.9 cm³/mol. The lowest BCUT2D eigenvalue weighted by atomic mass is 10.0. The van der Waals surface area contributed by atoms with Crippen LogP contribution < -0.4 is 5.32 Å². The van der Waals surface area contributed by atoms with Gasteiger partial charge < -0.3 is 9.88 Å². The third-order valence-electron chi connectivity index (χ3n) is 3.84. The summed E-state index contributed by atoms with van der Waals surface area (Å²) in [7, 11) is 0. The van der Waals surface area contributed by atoms with Crippen LogP contribution in [0.2, 0.25) is 0 Å². The van der Waals surface area contributed by atoms with Crippen molar-refractivity contribution in [1.82, 2.24) is 14.9 Å². The van der Waals surface area contributed by atoms with E-state index in [1.54, 1.807) is 12.1 Å². The van der Waals surface area contributed by atoms with Crippen LogP contribution in [0.3, 0.4) is 0 Å². The van der Waals surface area contributed by atoms with Gasteiger partial charge in [0.15, 0.2) is 0 Å². The minimum Gasteiger partial charge on any atom is -0.331 e. The molecule has 112 valence electrons. The van der Waals surface area contributed by atoms with Crippen LogP contribution in [0.15, 0.2) is 35.6 Å². The Morgan fingerprint density at radius 2 is 2.33 bits per heavy atom. The van der Waals surface area contributed by atoms with E-state index in [9.17, 15) is 4.39 Å². The smallest absolute Gasteiger partial charge is 0.123 e. The van der Waals surface area contributed by atoms with Crippen molar-refractivity contribution in [3.05, 3.63) is 47.8 Å². The lowest BCUT2D eigenvalue weighted by Crippen LogP contribution is -2.25. The molecule has 1 aromatic carbocycles. The molecule has 1 unspecified atom stereocenters. The zero-order valence-corrected chi connectivity index (χ0v) is 13.2. The largest absolute Gasteiger partial charge is 0.331 e. The third-order valence-corrected chi connectivity index (χ3v) is 4.97. The summed E-state index contributed by atoms with van der Waals surface area (Å²) in [6, 6.07) is 5.71. The van der Waals surface area contributed by atoms with Crippen LogP contribution in [-0.2, 0) is 6.54 Å². The highest BCUT2D eigenvalue weighted by molar-refractivity contribution is 7.99. The summed E-state index contributed by atoms with van der Waals surface area (Å²) in [5.41, 5.74) is 2.25. The molecule has 0 bridgehead atoms. The Morgan fingerprint density at radius 1 is 1.48 bits per heavy atom. The van der Waals surface area contributed by atoms with E-state index < -0.39 is 0 Å². The second-order valence-corrected chi connectivity index (χ2v) is 6.78. The minimum absolute atomic E-state index is 0.157. The van der Waals surface area contributed by atoms with E-state index in [4.69, 9.17) is 0 Å². The number of nitrogens with one attached hydrogen (secondary N) is 1. The monoisotopic (exact) mass is 305 g/mol. The van der Waals surface area contributed by atoms with Crippen molar-refractivity contribution in [3.8, 4) is 0 Å². The van der Waals surface area contributed by atoms with Gasteiger partial charge in [0.1, 0.15) is 5.82 Å². The number of halogens is 1. The second kappa shape index (κ2) is 6.20. The van der Waals surface area contributed by atoms with Crippen molar-refractivity contribution in [3.63, 3.8) is 0 Å². The van der Waals surface area contributed by atoms with E-state index in [0.29, 0.717) is 6.04 Å². The number of imidazole rings is 1. The van der Waals surface area contributed by atoms with E-state index in [1.807, 2.05) is 30.4 Å². The molecule has 2 heterocycles. The van der Waals surface area contributed by atoms with Gasteiger partial charge in [-0.1, -0.05) is 0 Å². The normalized spacial score (nSPS) is 18.0. The SMILES string of the molecule is CC(C)n1cncc1CNC1CCSc2ccc(F)cc21. The molecule has 1 N–H and O–H groups in total. The molecule has 0 radical (unpaired) electrons. The first-order chi connectivity index (χ1) is 10.1. The Balaban J connectivity index is 1.75. The molecule has 2 aromatic rings. The molecule has 1 aliphatic heterocycles. The summed E-state index contributed by atoms with van der Waals surface area (Å²) >= 11 is 1.81. The maximum absolute atomic E-state index is 13.5. The Kier molecular flexibility index (Phi) is 4.31. The zero-order chi connectivity index (χ0) is 14.8. The molecule has 3 nitrogen and oxygen atoms in total. The number of thioether (sulfide) groups is 1. The van der Waals surface area contributed by atoms with Crippen molar-refractivity contribution in [2.24, 2.45) is 0 Å². The lowest BCUT2D eigenvalue weighted by Gasteiger charge is -2.26. The maximum Gasteiger partial charge on any atom is 0.123 e. The Labute approximate surface area is 129 Å². The summed E-state index contributed by atoms with van der Waals surface area (Å²) in [5, 5.41) is 3.56. The molecule has 1 aliphatic rings. The van der Waals surface area contributed by atoms with Crippen LogP contribution in [0.25, 0.3) is 0 Å². The van der Waals surface area contributed by atoms with Gasteiger partial charge >= 0.3 is 0 Å². The Bertz CT molecular complexity index is 624. The van der Waals surface area contributed by atoms with Gasteiger partial charge in [0.05, 0.1) is 12.0 Å². The predicted octanol–water partition coefficient (Wildman–Crippen LogP) is 3.93. The van der Waals surface area contributed by atoms with Crippen molar-refractivity contribution >= 4 is 11.8 Å². The topological polar surface area (TPSA) is 29.9 Å². The summed E-state index contributed by atoms with van der Waals surface area (Å²) in [6.07, 6.45) is 4.79. The molecule has 1 aromatic heterocycles. The highest BCUT2D eigenvalue weighted by Crippen LogP contribution is 2.36. The number of nitrogens with zero attached hydrogens (tertiary/aromatic N) is 2. The van der Waals surface area contributed by atoms with Crippen LogP contribution in [0.1, 0.15) is 43.6 Å². The molecule has 3 rings (SSSR count). The fourth-order valence-electron chi connectivity index (χ4n) is 2.74. The zero-order valence-electron chi connectivity index (χ0n) is 12.3.